The number of aromatic amines is 1. The van der Waals surface area contributed by atoms with Gasteiger partial charge in [0.05, 0.1) is 34.9 Å². The number of fused-ring (bicyclic) bond motifs is 2. The first-order valence-corrected chi connectivity index (χ1v) is 8.48. The lowest BCUT2D eigenvalue weighted by Crippen LogP contribution is -2.27. The molecular weight excluding hydrogens is 324 g/mol. The van der Waals surface area contributed by atoms with Crippen molar-refractivity contribution < 1.29 is 4.68 Å². The molecule has 5 rings (SSSR count). The van der Waals surface area contributed by atoms with E-state index in [1.165, 1.54) is 5.56 Å². The Morgan fingerprint density at radius 2 is 2.08 bits per heavy atom. The zero-order chi connectivity index (χ0) is 17.5. The van der Waals surface area contributed by atoms with Gasteiger partial charge in [0.15, 0.2) is 12.7 Å². The van der Waals surface area contributed by atoms with E-state index < -0.39 is 0 Å². The fourth-order valence-corrected chi connectivity index (χ4v) is 3.23. The number of nitrogens with one attached hydrogen (secondary N) is 1. The first-order valence-electron chi connectivity index (χ1n) is 8.48. The van der Waals surface area contributed by atoms with Gasteiger partial charge in [-0.25, -0.2) is 9.50 Å². The molecule has 0 bridgehead atoms. The van der Waals surface area contributed by atoms with Crippen molar-refractivity contribution in [3.05, 3.63) is 78.5 Å². The number of imidazole rings is 1. The Labute approximate surface area is 149 Å². The summed E-state index contributed by atoms with van der Waals surface area (Å²) in [6.45, 7) is 0. The Balaban J connectivity index is 1.55. The second-order valence-corrected chi connectivity index (χ2v) is 6.41. The lowest BCUT2D eigenvalue weighted by Gasteiger charge is -2.04. The molecule has 0 amide bonds. The van der Waals surface area contributed by atoms with E-state index in [1.807, 2.05) is 59.2 Å². The number of pyridine rings is 1. The molecule has 5 aromatic rings. The SMILES string of the molecule is C[n+]1cc(-c2ccc3ncc(Cc4ccc5ncccc5c4)n3n2)c[nH]1. The molecule has 0 aliphatic carbocycles. The quantitative estimate of drug-likeness (QED) is 0.513. The van der Waals surface area contributed by atoms with Crippen molar-refractivity contribution in [3.63, 3.8) is 0 Å². The van der Waals surface area contributed by atoms with Gasteiger partial charge in [-0.05, 0) is 35.9 Å². The van der Waals surface area contributed by atoms with Crippen molar-refractivity contribution in [1.82, 2.24) is 24.7 Å². The third-order valence-corrected chi connectivity index (χ3v) is 4.54. The van der Waals surface area contributed by atoms with Gasteiger partial charge in [0.2, 0.25) is 6.20 Å². The Hall–Kier alpha value is -3.54. The molecule has 4 heterocycles. The second kappa shape index (κ2) is 5.77. The van der Waals surface area contributed by atoms with Crippen LogP contribution in [0.4, 0.5) is 0 Å². The fourth-order valence-electron chi connectivity index (χ4n) is 3.23. The van der Waals surface area contributed by atoms with Crippen LogP contribution in [0.1, 0.15) is 11.3 Å². The molecule has 6 heteroatoms. The van der Waals surface area contributed by atoms with Crippen LogP contribution < -0.4 is 4.68 Å². The van der Waals surface area contributed by atoms with E-state index in [9.17, 15) is 0 Å². The van der Waals surface area contributed by atoms with Crippen molar-refractivity contribution in [1.29, 1.82) is 0 Å². The fraction of sp³-hybridized carbons (Fsp3) is 0.100. The molecule has 0 saturated carbocycles. The Bertz CT molecular complexity index is 1230. The predicted octanol–water partition coefficient (Wildman–Crippen LogP) is 2.69. The van der Waals surface area contributed by atoms with Crippen molar-refractivity contribution in [2.75, 3.05) is 0 Å². The normalized spacial score (nSPS) is 11.4. The third-order valence-electron chi connectivity index (χ3n) is 4.54. The second-order valence-electron chi connectivity index (χ2n) is 6.41. The van der Waals surface area contributed by atoms with Gasteiger partial charge < -0.3 is 0 Å². The van der Waals surface area contributed by atoms with Crippen LogP contribution in [0.5, 0.6) is 0 Å². The number of benzene rings is 1. The van der Waals surface area contributed by atoms with E-state index in [0.29, 0.717) is 0 Å². The molecule has 0 aliphatic rings. The third kappa shape index (κ3) is 2.52. The number of aromatic nitrogens is 6. The largest absolute Gasteiger partial charge is 0.256 e. The van der Waals surface area contributed by atoms with E-state index in [2.05, 4.69) is 39.3 Å². The molecule has 0 radical (unpaired) electrons. The van der Waals surface area contributed by atoms with Crippen molar-refractivity contribution in [2.45, 2.75) is 6.42 Å². The molecule has 0 aliphatic heterocycles. The van der Waals surface area contributed by atoms with E-state index >= 15 is 0 Å². The highest BCUT2D eigenvalue weighted by molar-refractivity contribution is 5.79. The molecular formula is C20H17N6+. The molecule has 1 N–H and O–H groups in total. The molecule has 0 fully saturated rings. The van der Waals surface area contributed by atoms with Crippen LogP contribution in [0.2, 0.25) is 0 Å². The number of aryl methyl sites for hydroxylation is 1. The van der Waals surface area contributed by atoms with Gasteiger partial charge in [0.25, 0.3) is 0 Å². The number of hydrogen-bond acceptors (Lipinski definition) is 3. The van der Waals surface area contributed by atoms with E-state index in [-0.39, 0.29) is 0 Å². The molecule has 0 unspecified atom stereocenters. The zero-order valence-electron chi connectivity index (χ0n) is 14.3. The summed E-state index contributed by atoms with van der Waals surface area (Å²) in [5, 5.41) is 9.06. The summed E-state index contributed by atoms with van der Waals surface area (Å²) in [6, 6.07) is 14.4. The summed E-state index contributed by atoms with van der Waals surface area (Å²) < 4.78 is 3.83. The highest BCUT2D eigenvalue weighted by Crippen LogP contribution is 2.19. The summed E-state index contributed by atoms with van der Waals surface area (Å²) in [6.07, 6.45) is 8.45. The molecule has 0 atom stereocenters. The summed E-state index contributed by atoms with van der Waals surface area (Å²) in [5.41, 5.74) is 6.10. The minimum absolute atomic E-state index is 0.767. The van der Waals surface area contributed by atoms with Gasteiger partial charge in [-0.15, -0.1) is 4.68 Å². The summed E-state index contributed by atoms with van der Waals surface area (Å²) in [5.74, 6) is 0. The Morgan fingerprint density at radius 1 is 1.12 bits per heavy atom. The molecule has 0 spiro atoms. The van der Waals surface area contributed by atoms with Gasteiger partial charge >= 0.3 is 0 Å². The van der Waals surface area contributed by atoms with Gasteiger partial charge in [-0.3, -0.25) is 4.98 Å². The number of hydrogen-bond donors (Lipinski definition) is 1. The molecule has 6 nitrogen and oxygen atoms in total. The zero-order valence-corrected chi connectivity index (χ0v) is 14.3. The van der Waals surface area contributed by atoms with Crippen LogP contribution >= 0.6 is 0 Å². The lowest BCUT2D eigenvalue weighted by molar-refractivity contribution is -0.726. The van der Waals surface area contributed by atoms with Gasteiger partial charge in [0, 0.05) is 18.0 Å². The average Bonchev–Trinajstić information content (AvgIpc) is 3.28. The monoisotopic (exact) mass is 341 g/mol. The predicted molar refractivity (Wildman–Crippen MR) is 98.5 cm³/mol. The Morgan fingerprint density at radius 3 is 2.96 bits per heavy atom. The Kier molecular flexibility index (Phi) is 3.28. The van der Waals surface area contributed by atoms with Crippen LogP contribution in [0.25, 0.3) is 27.8 Å². The van der Waals surface area contributed by atoms with Crippen LogP contribution in [0.3, 0.4) is 0 Å². The van der Waals surface area contributed by atoms with E-state index in [4.69, 9.17) is 5.10 Å². The van der Waals surface area contributed by atoms with Crippen LogP contribution in [-0.4, -0.2) is 24.7 Å². The number of H-pyrrole nitrogens is 1. The maximum atomic E-state index is 4.79. The minimum Gasteiger partial charge on any atom is -0.256 e. The van der Waals surface area contributed by atoms with E-state index in [0.717, 1.165) is 39.9 Å². The van der Waals surface area contributed by atoms with Gasteiger partial charge in [-0.2, -0.15) is 10.2 Å². The number of nitrogens with zero attached hydrogens (tertiary/aromatic N) is 5. The van der Waals surface area contributed by atoms with Crippen LogP contribution in [0.15, 0.2) is 67.3 Å². The maximum Gasteiger partial charge on any atom is 0.204 e. The van der Waals surface area contributed by atoms with Gasteiger partial charge in [-0.1, -0.05) is 12.1 Å². The standard InChI is InChI=1S/C20H16N6/c1-25-13-16(11-23-25)19-6-7-20-22-12-17(26(20)24-19)10-14-4-5-18-15(9-14)3-2-8-21-18/h2-9,11-13H,10H2,1H3/p+1. The van der Waals surface area contributed by atoms with Crippen molar-refractivity contribution in [3.8, 4) is 11.3 Å². The first-order chi connectivity index (χ1) is 12.8. The molecule has 26 heavy (non-hydrogen) atoms. The van der Waals surface area contributed by atoms with Gasteiger partial charge in [0.1, 0.15) is 0 Å². The highest BCUT2D eigenvalue weighted by atomic mass is 15.3. The lowest BCUT2D eigenvalue weighted by atomic mass is 10.1. The van der Waals surface area contributed by atoms with Crippen molar-refractivity contribution in [2.24, 2.45) is 7.05 Å². The average molecular weight is 341 g/mol. The van der Waals surface area contributed by atoms with E-state index in [1.54, 1.807) is 0 Å². The van der Waals surface area contributed by atoms with Crippen LogP contribution in [-0.2, 0) is 13.5 Å². The molecule has 4 aromatic heterocycles. The molecule has 1 aromatic carbocycles. The molecule has 126 valence electrons. The maximum absolute atomic E-state index is 4.79. The van der Waals surface area contributed by atoms with Crippen LogP contribution in [0, 0.1) is 0 Å². The first kappa shape index (κ1) is 14.8. The minimum atomic E-state index is 0.767. The van der Waals surface area contributed by atoms with Crippen molar-refractivity contribution >= 4 is 16.6 Å². The number of rotatable bonds is 3. The topological polar surface area (TPSA) is 62.8 Å². The summed E-state index contributed by atoms with van der Waals surface area (Å²) in [4.78, 5) is 8.87. The molecule has 0 saturated heterocycles. The summed E-state index contributed by atoms with van der Waals surface area (Å²) >= 11 is 0. The highest BCUT2D eigenvalue weighted by Gasteiger charge is 2.11. The smallest absolute Gasteiger partial charge is 0.204 e. The summed E-state index contributed by atoms with van der Waals surface area (Å²) in [7, 11) is 1.96.